The van der Waals surface area contributed by atoms with Crippen molar-refractivity contribution < 1.29 is 63.0 Å². The van der Waals surface area contributed by atoms with E-state index >= 15 is 0 Å². The van der Waals surface area contributed by atoms with Gasteiger partial charge in [0.25, 0.3) is 0 Å². The molecule has 13 atom stereocenters. The Kier molecular flexibility index (Phi) is 49.6. The minimum absolute atomic E-state index is 0.00509. The fourth-order valence-electron chi connectivity index (χ4n) is 22.8. The third-order valence-corrected chi connectivity index (χ3v) is 31.6. The van der Waals surface area contributed by atoms with Crippen LogP contribution in [0.4, 0.5) is 8.78 Å². The number of esters is 1. The van der Waals surface area contributed by atoms with Gasteiger partial charge in [-0.1, -0.05) is 301 Å². The molecule has 6 fully saturated rings. The van der Waals surface area contributed by atoms with Gasteiger partial charge >= 0.3 is 17.9 Å². The van der Waals surface area contributed by atoms with Crippen molar-refractivity contribution in [2.75, 3.05) is 66.1 Å². The normalized spacial score (nSPS) is 22.3. The predicted octanol–water partition coefficient (Wildman–Crippen LogP) is 25.3. The lowest BCUT2D eigenvalue weighted by Gasteiger charge is -2.39. The largest absolute Gasteiger partial charge is 0.480 e. The number of pyridine rings is 1. The van der Waals surface area contributed by atoms with Gasteiger partial charge in [-0.05, 0) is 319 Å². The molecule has 7 aromatic rings. The van der Waals surface area contributed by atoms with E-state index < -0.39 is 24.1 Å². The Bertz CT molecular complexity index is 5110. The molecule has 1 aromatic heterocycles. The third kappa shape index (κ3) is 39.4. The molecule has 0 aliphatic carbocycles. The maximum Gasteiger partial charge on any atom is 0.323 e. The van der Waals surface area contributed by atoms with E-state index in [1.807, 2.05) is 102 Å². The van der Waals surface area contributed by atoms with Gasteiger partial charge in [0.1, 0.15) is 35.5 Å². The molecule has 20 nitrogen and oxygen atoms in total. The van der Waals surface area contributed by atoms with Gasteiger partial charge in [0.15, 0.2) is 0 Å². The number of likely N-dealkylation sites (tertiary alicyclic amines) is 6. The number of hydrogen-bond acceptors (Lipinski definition) is 17. The standard InChI is InChI=1S/C19H28ClNO2.C19H29NO2.C19H31NO.C18H28ClNO.C18H27FN2O.C18H26FNO2.C15H24N2O2/c1-13-7-6-10-21(17(13)18(22)23-5)12-14-8-9-15(16(20)11-14)19(2,3)4;1-13-7-6-10-20(17(13)18(21)22)12-15-8-9-16(14(2)11-15)19(3,4)5;1-14-7-6-10-20(18(14)13-21)12-16-8-9-17(15(2)11-16)19(3,4)5;1-13-6-5-9-20(17(13)12-21)11-14-7-8-15(16(19)10-14)18(2,3)4;1-12-6-5-9-21(16(12)17(20)22)11-13-7-8-14(15(19)10-13)18(2,3)4;1-12-6-5-9-20(16(12)17(21)22)11-13-7-8-14(15(19)10-13)18(2,3)4;1-11(18)7-13(19)10-16-8-12-5-6-14(17-9-12)15(2,3)4/h8-9,11,13,17H,6-7,10,12H2,1-5H3;8-9,11,13,17H,6-7,10,12H2,1-5H3,(H,21,22);8-9,11,14,18,21H,6-7,10,12-13H2,1-5H3;7-8,10,13,17,21H,5-6,9,11-12H2,1-4H3;7-8,10,12,16H,5-6,9,11H2,1-4H3,(H2,20,22);7-8,10,12,16H,5-6,9,11H2,1-4H3,(H,21,22);5-6,9,13,16,19H,7-8,10H2,1-4H3. The van der Waals surface area contributed by atoms with E-state index in [1.54, 1.807) is 12.1 Å². The van der Waals surface area contributed by atoms with Crippen LogP contribution in [0.3, 0.4) is 0 Å². The Hall–Kier alpha value is -7.94. The highest BCUT2D eigenvalue weighted by atomic mass is 35.5. The molecule has 8 N–H and O–H groups in total. The number of carboxylic acid groups (broad SMARTS) is 2. The lowest BCUT2D eigenvalue weighted by Crippen LogP contribution is -2.51. The number of aryl methyl sites for hydroxylation is 2. The number of nitrogens with zero attached hydrogens (tertiary/aromatic N) is 7. The monoisotopic (exact) mass is 2120 g/mol. The van der Waals surface area contributed by atoms with Gasteiger partial charge in [0.05, 0.1) is 32.5 Å². The fraction of sp³-hybridized carbons (Fsp3) is 0.635. The van der Waals surface area contributed by atoms with E-state index in [-0.39, 0.29) is 129 Å². The number of aliphatic hydroxyl groups excluding tert-OH is 3. The van der Waals surface area contributed by atoms with Crippen molar-refractivity contribution in [3.8, 4) is 0 Å². The van der Waals surface area contributed by atoms with Crippen LogP contribution in [0.1, 0.15) is 366 Å². The Morgan fingerprint density at radius 2 is 0.680 bits per heavy atom. The van der Waals surface area contributed by atoms with Crippen LogP contribution in [0.2, 0.25) is 10.0 Å². The second-order valence-corrected chi connectivity index (χ2v) is 52.3. The van der Waals surface area contributed by atoms with Gasteiger partial charge in [-0.25, -0.2) is 8.78 Å². The number of carbonyl (C=O) groups is 5. The molecule has 13 unspecified atom stereocenters. The number of ether oxygens (including phenoxy) is 1. The zero-order valence-electron chi connectivity index (χ0n) is 97.5. The number of carbonyl (C=O) groups excluding carboxylic acids is 3. The molecule has 13 rings (SSSR count). The summed E-state index contributed by atoms with van der Waals surface area (Å²) in [4.78, 5) is 75.5. The maximum atomic E-state index is 14.3. The van der Waals surface area contributed by atoms with Crippen LogP contribution in [-0.2, 0) is 112 Å². The van der Waals surface area contributed by atoms with Crippen molar-refractivity contribution in [3.63, 3.8) is 0 Å². The average Bonchev–Trinajstić information content (AvgIpc) is 0.823. The summed E-state index contributed by atoms with van der Waals surface area (Å²) in [5.41, 5.74) is 23.7. The van der Waals surface area contributed by atoms with E-state index in [9.17, 15) is 58.3 Å². The van der Waals surface area contributed by atoms with E-state index in [1.165, 1.54) is 84.2 Å². The summed E-state index contributed by atoms with van der Waals surface area (Å²) in [6.45, 7) is 74.9. The highest BCUT2D eigenvalue weighted by molar-refractivity contribution is 6.32. The van der Waals surface area contributed by atoms with E-state index in [4.69, 9.17) is 33.7 Å². The number of aromatic nitrogens is 1. The Balaban J connectivity index is 0.000000237. The van der Waals surface area contributed by atoms with Gasteiger partial charge in [0, 0.05) is 98.2 Å². The van der Waals surface area contributed by atoms with Crippen LogP contribution in [0.15, 0.2) is 128 Å². The molecule has 1 amide bonds. The molecule has 836 valence electrons. The number of amides is 1. The third-order valence-electron chi connectivity index (χ3n) is 30.9. The summed E-state index contributed by atoms with van der Waals surface area (Å²) in [5, 5.41) is 52.6. The molecule has 0 radical (unpaired) electrons. The van der Waals surface area contributed by atoms with Crippen LogP contribution in [0, 0.1) is 61.0 Å². The number of primary amides is 1. The van der Waals surface area contributed by atoms with Crippen molar-refractivity contribution in [1.82, 2.24) is 39.7 Å². The topological polar surface area (TPSA) is 266 Å². The van der Waals surface area contributed by atoms with Gasteiger partial charge in [-0.15, -0.1) is 0 Å². The van der Waals surface area contributed by atoms with Gasteiger partial charge in [0.2, 0.25) is 5.91 Å². The SMILES string of the molecule is CC(=O)CC(O)CNCc1ccc(C(C)(C)C)nc1.CC1CCCN(Cc2ccc(C(C)(C)C)c(Cl)c2)C1CO.CC1CCCN(Cc2ccc(C(C)(C)C)c(F)c2)C1C(=O)O.CC1CCCN(Cc2ccc(C(C)(C)C)c(F)c2)C1C(N)=O.COC(=O)C1C(C)CCCN1Cc1ccc(C(C)(C)C)c(Cl)c1.Cc1cc(CN2CCCC(C)C2C(=O)O)ccc1C(C)(C)C.Cc1cc(CN2CCCC(C)C2CO)ccc1C(C)(C)C. The molecule has 24 heteroatoms. The second kappa shape index (κ2) is 57.7. The summed E-state index contributed by atoms with van der Waals surface area (Å²) in [7, 11) is 1.47. The number of halogens is 4. The van der Waals surface area contributed by atoms with Gasteiger partial charge < -0.3 is 41.3 Å². The number of hydrogen-bond donors (Lipinski definition) is 7. The number of benzene rings is 6. The van der Waals surface area contributed by atoms with Crippen LogP contribution < -0.4 is 11.1 Å². The number of methoxy groups -OCH3 is 1. The number of piperidine rings is 6. The van der Waals surface area contributed by atoms with Crippen LogP contribution in [-0.4, -0.2) is 198 Å². The average molecular weight is 2120 g/mol. The van der Waals surface area contributed by atoms with Gasteiger partial charge in [-0.2, -0.15) is 0 Å². The quantitative estimate of drug-likeness (QED) is 0.0277. The zero-order valence-corrected chi connectivity index (χ0v) is 99.1. The number of nitrogens with two attached hydrogens (primary N) is 1. The number of carboxylic acids is 2. The number of aliphatic hydroxyl groups is 3. The maximum absolute atomic E-state index is 14.3. The fourth-order valence-corrected chi connectivity index (χ4v) is 23.7. The Morgan fingerprint density at radius 3 is 0.960 bits per heavy atom. The zero-order chi connectivity index (χ0) is 112. The predicted molar refractivity (Wildman–Crippen MR) is 612 cm³/mol. The highest BCUT2D eigenvalue weighted by Crippen LogP contribution is 2.40. The molecule has 6 aromatic carbocycles. The molecular formula is C126H193Cl2F2N9O11. The molecule has 150 heavy (non-hydrogen) atoms. The van der Waals surface area contributed by atoms with Crippen molar-refractivity contribution in [2.24, 2.45) is 41.2 Å². The first-order valence-electron chi connectivity index (χ1n) is 55.5. The molecule has 0 spiro atoms. The minimum Gasteiger partial charge on any atom is -0.480 e. The first-order chi connectivity index (χ1) is 69.8. The van der Waals surface area contributed by atoms with E-state index in [2.05, 4.69) is 254 Å². The van der Waals surface area contributed by atoms with Crippen molar-refractivity contribution >= 4 is 52.8 Å². The highest BCUT2D eigenvalue weighted by Gasteiger charge is 2.41. The minimum atomic E-state index is -0.779. The van der Waals surface area contributed by atoms with E-state index in [0.29, 0.717) is 55.5 Å². The smallest absolute Gasteiger partial charge is 0.323 e. The summed E-state index contributed by atoms with van der Waals surface area (Å²) in [5.74, 6) is -0.163. The Labute approximate surface area is 912 Å². The van der Waals surface area contributed by atoms with Gasteiger partial charge in [-0.3, -0.25) is 58.4 Å². The van der Waals surface area contributed by atoms with E-state index in [0.717, 1.165) is 166 Å². The number of Topliss-reactive ketones (excluding diaryl/α,β-unsaturated/α-hetero) is 1. The van der Waals surface area contributed by atoms with Crippen molar-refractivity contribution in [2.45, 2.75) is 417 Å². The number of nitrogens with one attached hydrogen (secondary N) is 1. The first-order valence-corrected chi connectivity index (χ1v) is 56.2. The van der Waals surface area contributed by atoms with Crippen LogP contribution in [0.25, 0.3) is 0 Å². The Morgan fingerprint density at radius 1 is 0.400 bits per heavy atom. The molecule has 0 bridgehead atoms. The first kappa shape index (κ1) is 129. The molecule has 0 saturated carbocycles. The molecular weight excluding hydrogens is 1920 g/mol. The molecule has 6 aliphatic heterocycles. The molecule has 7 heterocycles. The lowest BCUT2D eigenvalue weighted by atomic mass is 9.83. The van der Waals surface area contributed by atoms with Crippen LogP contribution >= 0.6 is 23.2 Å². The van der Waals surface area contributed by atoms with Crippen molar-refractivity contribution in [1.29, 1.82) is 0 Å². The second-order valence-electron chi connectivity index (χ2n) is 51.5. The summed E-state index contributed by atoms with van der Waals surface area (Å²) >= 11 is 12.9. The number of rotatable bonds is 24. The lowest BCUT2D eigenvalue weighted by molar-refractivity contribution is -0.151. The summed E-state index contributed by atoms with van der Waals surface area (Å²) in [6.07, 6.45) is 14.6. The van der Waals surface area contributed by atoms with Crippen molar-refractivity contribution in [3.05, 3.63) is 238 Å². The number of ketones is 1. The summed E-state index contributed by atoms with van der Waals surface area (Å²) < 4.78 is 33.6. The molecule has 6 saturated heterocycles. The van der Waals surface area contributed by atoms with Crippen LogP contribution in [0.5, 0.6) is 0 Å². The number of aliphatic carboxylic acids is 2. The molecule has 6 aliphatic rings. The summed E-state index contributed by atoms with van der Waals surface area (Å²) in [6, 6.07) is 40.3.